The molecule has 0 saturated heterocycles. The van der Waals surface area contributed by atoms with Gasteiger partial charge in [-0.2, -0.15) is 4.98 Å². The molecular formula is C15H19N3O2. The molecule has 0 spiro atoms. The number of anilines is 1. The maximum atomic E-state index is 5.72. The normalized spacial score (nSPS) is 10.3. The molecule has 5 nitrogen and oxygen atoms in total. The second-order valence-electron chi connectivity index (χ2n) is 4.25. The minimum Gasteiger partial charge on any atom is -0.473 e. The van der Waals surface area contributed by atoms with Gasteiger partial charge in [-0.15, -0.1) is 0 Å². The van der Waals surface area contributed by atoms with Gasteiger partial charge in [0.15, 0.2) is 5.82 Å². The van der Waals surface area contributed by atoms with E-state index in [1.165, 1.54) is 0 Å². The molecule has 1 aromatic heterocycles. The van der Waals surface area contributed by atoms with Crippen molar-refractivity contribution in [1.29, 1.82) is 0 Å². The summed E-state index contributed by atoms with van der Waals surface area (Å²) in [5, 5.41) is 3.16. The molecule has 2 rings (SSSR count). The van der Waals surface area contributed by atoms with Crippen LogP contribution in [-0.4, -0.2) is 23.6 Å². The Morgan fingerprint density at radius 2 is 1.90 bits per heavy atom. The second-order valence-corrected chi connectivity index (χ2v) is 4.25. The Kier molecular flexibility index (Phi) is 5.32. The maximum Gasteiger partial charge on any atom is 0.219 e. The smallest absolute Gasteiger partial charge is 0.219 e. The van der Waals surface area contributed by atoms with E-state index in [0.29, 0.717) is 24.9 Å². The number of benzene rings is 1. The predicted octanol–water partition coefficient (Wildman–Crippen LogP) is 2.63. The van der Waals surface area contributed by atoms with Gasteiger partial charge >= 0.3 is 0 Å². The number of hydrogen-bond donors (Lipinski definition) is 1. The van der Waals surface area contributed by atoms with Gasteiger partial charge in [0.1, 0.15) is 19.0 Å². The van der Waals surface area contributed by atoms with E-state index in [1.807, 2.05) is 37.3 Å². The van der Waals surface area contributed by atoms with Crippen LogP contribution in [0.5, 0.6) is 5.88 Å². The zero-order valence-electron chi connectivity index (χ0n) is 11.8. The highest BCUT2D eigenvalue weighted by Crippen LogP contribution is 2.15. The van der Waals surface area contributed by atoms with E-state index in [4.69, 9.17) is 9.47 Å². The van der Waals surface area contributed by atoms with Crippen LogP contribution >= 0.6 is 0 Å². The molecule has 0 unspecified atom stereocenters. The van der Waals surface area contributed by atoms with Crippen molar-refractivity contribution in [2.24, 2.45) is 0 Å². The summed E-state index contributed by atoms with van der Waals surface area (Å²) in [6.45, 7) is 3.65. The summed E-state index contributed by atoms with van der Waals surface area (Å²) >= 11 is 0. The molecule has 0 aliphatic heterocycles. The van der Waals surface area contributed by atoms with E-state index in [0.717, 1.165) is 17.9 Å². The number of methoxy groups -OCH3 is 1. The molecule has 106 valence electrons. The lowest BCUT2D eigenvalue weighted by atomic mass is 10.2. The number of nitrogens with zero attached hydrogens (tertiary/aromatic N) is 2. The molecule has 0 saturated carbocycles. The Hall–Kier alpha value is -2.14. The molecule has 0 aliphatic carbocycles. The highest BCUT2D eigenvalue weighted by Gasteiger charge is 2.05. The molecule has 0 radical (unpaired) electrons. The number of hydrogen-bond acceptors (Lipinski definition) is 5. The van der Waals surface area contributed by atoms with Crippen molar-refractivity contribution in [3.63, 3.8) is 0 Å². The van der Waals surface area contributed by atoms with Crippen LogP contribution in [0.3, 0.4) is 0 Å². The zero-order valence-corrected chi connectivity index (χ0v) is 11.8. The summed E-state index contributed by atoms with van der Waals surface area (Å²) in [6, 6.07) is 11.8. The summed E-state index contributed by atoms with van der Waals surface area (Å²) in [5.41, 5.74) is 1.10. The molecule has 5 heteroatoms. The van der Waals surface area contributed by atoms with Gasteiger partial charge in [-0.1, -0.05) is 30.3 Å². The maximum absolute atomic E-state index is 5.72. The Morgan fingerprint density at radius 1 is 1.10 bits per heavy atom. The van der Waals surface area contributed by atoms with E-state index in [1.54, 1.807) is 13.2 Å². The van der Waals surface area contributed by atoms with Gasteiger partial charge in [-0.05, 0) is 12.5 Å². The quantitative estimate of drug-likeness (QED) is 0.840. The van der Waals surface area contributed by atoms with Crippen LogP contribution < -0.4 is 10.1 Å². The molecule has 1 aromatic carbocycles. The Bertz CT molecular complexity index is 508. The third-order valence-corrected chi connectivity index (χ3v) is 2.61. The van der Waals surface area contributed by atoms with Crippen molar-refractivity contribution in [2.45, 2.75) is 20.1 Å². The SMILES string of the molecule is CCNc1cc(OCc2ccccc2)nc(COC)n1. The highest BCUT2D eigenvalue weighted by molar-refractivity contribution is 5.38. The van der Waals surface area contributed by atoms with Gasteiger partial charge in [-0.25, -0.2) is 4.98 Å². The van der Waals surface area contributed by atoms with Crippen molar-refractivity contribution in [3.8, 4) is 5.88 Å². The average Bonchev–Trinajstić information content (AvgIpc) is 2.47. The summed E-state index contributed by atoms with van der Waals surface area (Å²) < 4.78 is 10.8. The van der Waals surface area contributed by atoms with Crippen molar-refractivity contribution < 1.29 is 9.47 Å². The molecular weight excluding hydrogens is 254 g/mol. The van der Waals surface area contributed by atoms with Crippen molar-refractivity contribution >= 4 is 5.82 Å². The van der Waals surface area contributed by atoms with Gasteiger partial charge in [0.2, 0.25) is 5.88 Å². The summed E-state index contributed by atoms with van der Waals surface area (Å²) in [5.74, 6) is 1.90. The number of nitrogens with one attached hydrogen (secondary N) is 1. The number of aromatic nitrogens is 2. The lowest BCUT2D eigenvalue weighted by Gasteiger charge is -2.10. The first kappa shape index (κ1) is 14.3. The third kappa shape index (κ3) is 4.20. The lowest BCUT2D eigenvalue weighted by Crippen LogP contribution is -2.06. The summed E-state index contributed by atoms with van der Waals surface area (Å²) in [4.78, 5) is 8.66. The van der Waals surface area contributed by atoms with E-state index < -0.39 is 0 Å². The molecule has 0 amide bonds. The van der Waals surface area contributed by atoms with Gasteiger partial charge in [0, 0.05) is 19.7 Å². The van der Waals surface area contributed by atoms with E-state index in [2.05, 4.69) is 15.3 Å². The van der Waals surface area contributed by atoms with Gasteiger partial charge < -0.3 is 14.8 Å². The van der Waals surface area contributed by atoms with Gasteiger partial charge in [0.25, 0.3) is 0 Å². The minimum absolute atomic E-state index is 0.362. The first-order chi connectivity index (χ1) is 9.81. The van der Waals surface area contributed by atoms with E-state index in [-0.39, 0.29) is 0 Å². The fourth-order valence-electron chi connectivity index (χ4n) is 1.74. The predicted molar refractivity (Wildman–Crippen MR) is 77.7 cm³/mol. The monoisotopic (exact) mass is 273 g/mol. The molecule has 0 aliphatic rings. The first-order valence-corrected chi connectivity index (χ1v) is 6.59. The zero-order chi connectivity index (χ0) is 14.2. The molecule has 0 bridgehead atoms. The van der Waals surface area contributed by atoms with Crippen molar-refractivity contribution in [2.75, 3.05) is 19.0 Å². The van der Waals surface area contributed by atoms with Crippen LogP contribution in [0.15, 0.2) is 36.4 Å². The average molecular weight is 273 g/mol. The Balaban J connectivity index is 2.09. The van der Waals surface area contributed by atoms with Crippen LogP contribution in [0, 0.1) is 0 Å². The first-order valence-electron chi connectivity index (χ1n) is 6.59. The van der Waals surface area contributed by atoms with Crippen molar-refractivity contribution in [3.05, 3.63) is 47.8 Å². The largest absolute Gasteiger partial charge is 0.473 e. The van der Waals surface area contributed by atoms with E-state index in [9.17, 15) is 0 Å². The van der Waals surface area contributed by atoms with Crippen LogP contribution in [0.2, 0.25) is 0 Å². The third-order valence-electron chi connectivity index (χ3n) is 2.61. The molecule has 0 atom stereocenters. The molecule has 20 heavy (non-hydrogen) atoms. The Labute approximate surface area is 119 Å². The highest BCUT2D eigenvalue weighted by atomic mass is 16.5. The van der Waals surface area contributed by atoms with Crippen LogP contribution in [0.1, 0.15) is 18.3 Å². The topological polar surface area (TPSA) is 56.3 Å². The van der Waals surface area contributed by atoms with Gasteiger partial charge in [-0.3, -0.25) is 0 Å². The summed E-state index contributed by atoms with van der Waals surface area (Å²) in [6.07, 6.45) is 0. The lowest BCUT2D eigenvalue weighted by molar-refractivity contribution is 0.176. The van der Waals surface area contributed by atoms with Gasteiger partial charge in [0.05, 0.1) is 0 Å². The van der Waals surface area contributed by atoms with E-state index >= 15 is 0 Å². The van der Waals surface area contributed by atoms with Crippen LogP contribution in [0.25, 0.3) is 0 Å². The standard InChI is InChI=1S/C15H19N3O2/c1-3-16-13-9-15(18-14(17-13)11-19-2)20-10-12-7-5-4-6-8-12/h4-9H,3,10-11H2,1-2H3,(H,16,17,18). The summed E-state index contributed by atoms with van der Waals surface area (Å²) in [7, 11) is 1.62. The minimum atomic E-state index is 0.362. The van der Waals surface area contributed by atoms with Crippen LogP contribution in [0.4, 0.5) is 5.82 Å². The van der Waals surface area contributed by atoms with Crippen molar-refractivity contribution in [1.82, 2.24) is 9.97 Å². The molecule has 0 fully saturated rings. The number of rotatable bonds is 7. The molecule has 1 N–H and O–H groups in total. The fraction of sp³-hybridized carbons (Fsp3) is 0.333. The Morgan fingerprint density at radius 3 is 2.60 bits per heavy atom. The molecule has 1 heterocycles. The van der Waals surface area contributed by atoms with Crippen LogP contribution in [-0.2, 0) is 18.0 Å². The molecule has 2 aromatic rings. The fourth-order valence-corrected chi connectivity index (χ4v) is 1.74. The second kappa shape index (κ2) is 7.45. The number of ether oxygens (including phenoxy) is 2.